The lowest BCUT2D eigenvalue weighted by atomic mass is 9.87. The third-order valence-electron chi connectivity index (χ3n) is 5.87. The number of nitrogens with one attached hydrogen (secondary N) is 2. The summed E-state index contributed by atoms with van der Waals surface area (Å²) in [6.45, 7) is 4.17. The van der Waals surface area contributed by atoms with Gasteiger partial charge < -0.3 is 16.4 Å². The van der Waals surface area contributed by atoms with Gasteiger partial charge in [0, 0.05) is 36.3 Å². The highest BCUT2D eigenvalue weighted by Crippen LogP contribution is 2.38. The lowest BCUT2D eigenvalue weighted by Crippen LogP contribution is -2.41. The van der Waals surface area contributed by atoms with E-state index in [1.54, 1.807) is 12.3 Å². The maximum atomic E-state index is 13.5. The van der Waals surface area contributed by atoms with Gasteiger partial charge >= 0.3 is 0 Å². The number of pyridine rings is 1. The van der Waals surface area contributed by atoms with Crippen LogP contribution < -0.4 is 16.4 Å². The van der Waals surface area contributed by atoms with E-state index in [1.165, 1.54) is 12.1 Å². The number of nitrogens with zero attached hydrogens (tertiary/aromatic N) is 1. The number of fused-ring (bicyclic) bond motifs is 1. The summed E-state index contributed by atoms with van der Waals surface area (Å²) >= 11 is 0. The van der Waals surface area contributed by atoms with Crippen molar-refractivity contribution in [2.45, 2.75) is 38.6 Å². The molecule has 0 aliphatic carbocycles. The molecule has 2 amide bonds. The summed E-state index contributed by atoms with van der Waals surface area (Å²) in [5, 5.41) is 5.82. The van der Waals surface area contributed by atoms with Gasteiger partial charge in [0.25, 0.3) is 5.91 Å². The van der Waals surface area contributed by atoms with Crippen molar-refractivity contribution in [3.63, 3.8) is 0 Å². The number of nitrogens with two attached hydrogens (primary N) is 1. The molecule has 2 atom stereocenters. The van der Waals surface area contributed by atoms with Crippen LogP contribution in [0.25, 0.3) is 11.1 Å². The monoisotopic (exact) mass is 446 g/mol. The molecular weight excluding hydrogens is 419 g/mol. The molecule has 4 N–H and O–H groups in total. The zero-order valence-corrected chi connectivity index (χ0v) is 18.7. The first-order valence-electron chi connectivity index (χ1n) is 11.0. The number of carbonyl (C=O) groups excluding carboxylic acids is 2. The van der Waals surface area contributed by atoms with Gasteiger partial charge in [-0.1, -0.05) is 25.1 Å². The van der Waals surface area contributed by atoms with Gasteiger partial charge in [-0.15, -0.1) is 0 Å². The number of rotatable bonds is 6. The van der Waals surface area contributed by atoms with E-state index < -0.39 is 0 Å². The molecule has 3 aromatic rings. The minimum absolute atomic E-state index is 0.0168. The van der Waals surface area contributed by atoms with E-state index >= 15 is 0 Å². The van der Waals surface area contributed by atoms with Crippen LogP contribution in [0, 0.1) is 12.7 Å². The van der Waals surface area contributed by atoms with Gasteiger partial charge in [0.15, 0.2) is 0 Å². The van der Waals surface area contributed by atoms with Crippen LogP contribution >= 0.6 is 0 Å². The van der Waals surface area contributed by atoms with Crippen molar-refractivity contribution in [3.05, 3.63) is 82.8 Å². The Bertz CT molecular complexity index is 1210. The second kappa shape index (κ2) is 9.50. The summed E-state index contributed by atoms with van der Waals surface area (Å²) in [7, 11) is 0. The lowest BCUT2D eigenvalue weighted by molar-refractivity contribution is -0.116. The molecule has 0 fully saturated rings. The van der Waals surface area contributed by atoms with E-state index in [0.29, 0.717) is 24.2 Å². The summed E-state index contributed by atoms with van der Waals surface area (Å²) in [6.07, 6.45) is 2.49. The number of amides is 2. The topological polar surface area (TPSA) is 97.1 Å². The average molecular weight is 447 g/mol. The van der Waals surface area contributed by atoms with Crippen molar-refractivity contribution in [3.8, 4) is 11.1 Å². The summed E-state index contributed by atoms with van der Waals surface area (Å²) in [4.78, 5) is 29.4. The Labute approximate surface area is 192 Å². The van der Waals surface area contributed by atoms with Crippen LogP contribution in [0.4, 0.5) is 10.2 Å². The molecule has 2 heterocycles. The smallest absolute Gasteiger partial charge is 0.251 e. The lowest BCUT2D eigenvalue weighted by Gasteiger charge is -2.25. The Hall–Kier alpha value is -3.58. The first-order chi connectivity index (χ1) is 15.8. The van der Waals surface area contributed by atoms with Crippen LogP contribution in [0.1, 0.15) is 46.3 Å². The van der Waals surface area contributed by atoms with Crippen LogP contribution in [-0.4, -0.2) is 29.4 Å². The molecule has 0 saturated heterocycles. The summed E-state index contributed by atoms with van der Waals surface area (Å²) in [6, 6.07) is 13.6. The largest absolute Gasteiger partial charge is 0.348 e. The van der Waals surface area contributed by atoms with Crippen LogP contribution in [0.3, 0.4) is 0 Å². The van der Waals surface area contributed by atoms with E-state index in [0.717, 1.165) is 27.8 Å². The van der Waals surface area contributed by atoms with Crippen molar-refractivity contribution in [1.82, 2.24) is 10.3 Å². The van der Waals surface area contributed by atoms with Gasteiger partial charge in [0.1, 0.15) is 11.6 Å². The highest BCUT2D eigenvalue weighted by Gasteiger charge is 2.26. The second-order valence-corrected chi connectivity index (χ2v) is 8.60. The second-order valence-electron chi connectivity index (χ2n) is 8.60. The normalized spacial score (nSPS) is 16.0. The van der Waals surface area contributed by atoms with Gasteiger partial charge in [-0.3, -0.25) is 9.59 Å². The Morgan fingerprint density at radius 1 is 1.27 bits per heavy atom. The fourth-order valence-electron chi connectivity index (χ4n) is 4.37. The molecule has 1 aliphatic rings. The van der Waals surface area contributed by atoms with Crippen LogP contribution in [0.15, 0.2) is 54.7 Å². The molecule has 4 rings (SSSR count). The number of benzene rings is 2. The summed E-state index contributed by atoms with van der Waals surface area (Å²) in [5.74, 6) is -0.0136. The zero-order chi connectivity index (χ0) is 23.5. The first kappa shape index (κ1) is 22.6. The number of aryl methyl sites for hydroxylation is 1. The Kier molecular flexibility index (Phi) is 6.51. The average Bonchev–Trinajstić information content (AvgIpc) is 2.77. The van der Waals surface area contributed by atoms with Crippen molar-refractivity contribution in [2.24, 2.45) is 5.73 Å². The SMILES string of the molecule is Cc1cc(C(=O)NC(CN)Cc2cccc(F)c2)cc(-c2ccnc3c2[C@@H](C)CC(=O)N3)c1. The number of halogens is 1. The molecule has 6 nitrogen and oxygen atoms in total. The fraction of sp³-hybridized carbons (Fsp3) is 0.269. The van der Waals surface area contributed by atoms with Gasteiger partial charge in [0.2, 0.25) is 5.91 Å². The third kappa shape index (κ3) is 5.09. The molecule has 1 unspecified atom stereocenters. The Morgan fingerprint density at radius 2 is 2.09 bits per heavy atom. The predicted octanol–water partition coefficient (Wildman–Crippen LogP) is 3.94. The van der Waals surface area contributed by atoms with Crippen molar-refractivity contribution in [1.29, 1.82) is 0 Å². The number of hydrogen-bond donors (Lipinski definition) is 3. The highest BCUT2D eigenvalue weighted by molar-refractivity contribution is 5.98. The molecule has 170 valence electrons. The molecular formula is C26H27FN4O2. The molecule has 0 radical (unpaired) electrons. The molecule has 0 spiro atoms. The van der Waals surface area contributed by atoms with Crippen LogP contribution in [0.2, 0.25) is 0 Å². The minimum Gasteiger partial charge on any atom is -0.348 e. The van der Waals surface area contributed by atoms with Crippen molar-refractivity contribution in [2.75, 3.05) is 11.9 Å². The number of carbonyl (C=O) groups is 2. The number of aromatic nitrogens is 1. The van der Waals surface area contributed by atoms with Gasteiger partial charge in [0.05, 0.1) is 0 Å². The fourth-order valence-corrected chi connectivity index (χ4v) is 4.37. The molecule has 1 aliphatic heterocycles. The number of hydrogen-bond acceptors (Lipinski definition) is 4. The maximum Gasteiger partial charge on any atom is 0.251 e. The minimum atomic E-state index is -0.327. The Balaban J connectivity index is 1.61. The molecule has 0 saturated carbocycles. The van der Waals surface area contributed by atoms with Gasteiger partial charge in [-0.2, -0.15) is 0 Å². The summed E-state index contributed by atoms with van der Waals surface area (Å²) < 4.78 is 13.5. The maximum absolute atomic E-state index is 13.5. The van der Waals surface area contributed by atoms with Crippen LogP contribution in [0.5, 0.6) is 0 Å². The highest BCUT2D eigenvalue weighted by atomic mass is 19.1. The summed E-state index contributed by atoms with van der Waals surface area (Å²) in [5.41, 5.74) is 10.9. The predicted molar refractivity (Wildman–Crippen MR) is 126 cm³/mol. The number of anilines is 1. The van der Waals surface area contributed by atoms with Gasteiger partial charge in [-0.05, 0) is 71.8 Å². The molecule has 0 bridgehead atoms. The standard InChI is InChI=1S/C26H27FN4O2/c1-15-8-18(22-6-7-29-25-24(22)16(2)10-23(32)31-25)13-19(9-15)26(33)30-21(14-28)12-17-4-3-5-20(27)11-17/h3-9,11,13,16,21H,10,12,14,28H2,1-2H3,(H,30,33)(H,29,31,32)/t16-,21?/m0/s1. The van der Waals surface area contributed by atoms with E-state index in [2.05, 4.69) is 15.6 Å². The first-order valence-corrected chi connectivity index (χ1v) is 11.0. The quantitative estimate of drug-likeness (QED) is 0.534. The molecule has 1 aromatic heterocycles. The van der Waals surface area contributed by atoms with E-state index in [-0.39, 0.29) is 36.1 Å². The third-order valence-corrected chi connectivity index (χ3v) is 5.87. The van der Waals surface area contributed by atoms with Crippen molar-refractivity contribution >= 4 is 17.6 Å². The van der Waals surface area contributed by atoms with E-state index in [4.69, 9.17) is 5.73 Å². The van der Waals surface area contributed by atoms with E-state index in [1.807, 2.05) is 44.2 Å². The molecule has 33 heavy (non-hydrogen) atoms. The van der Waals surface area contributed by atoms with Crippen LogP contribution in [-0.2, 0) is 11.2 Å². The van der Waals surface area contributed by atoms with Gasteiger partial charge in [-0.25, -0.2) is 9.37 Å². The molecule has 2 aromatic carbocycles. The van der Waals surface area contributed by atoms with E-state index in [9.17, 15) is 14.0 Å². The molecule has 7 heteroatoms. The zero-order valence-electron chi connectivity index (χ0n) is 18.7. The Morgan fingerprint density at radius 3 is 2.85 bits per heavy atom. The van der Waals surface area contributed by atoms with Crippen molar-refractivity contribution < 1.29 is 14.0 Å².